The molecule has 2 aliphatic rings. The van der Waals surface area contributed by atoms with Gasteiger partial charge in [0.05, 0.1) is 4.90 Å². The average molecular weight is 385 g/mol. The molecule has 1 aliphatic carbocycles. The van der Waals surface area contributed by atoms with Crippen LogP contribution in [0.5, 0.6) is 0 Å². The summed E-state index contributed by atoms with van der Waals surface area (Å²) in [6, 6.07) is 4.43. The second-order valence-corrected chi connectivity index (χ2v) is 10.1. The van der Waals surface area contributed by atoms with E-state index in [1.807, 2.05) is 32.9 Å². The van der Waals surface area contributed by atoms with Gasteiger partial charge in [-0.3, -0.25) is 4.90 Å². The molecule has 0 spiro atoms. The largest absolute Gasteiger partial charge is 0.298 e. The molecule has 4 nitrogen and oxygen atoms in total. The molecule has 0 unspecified atom stereocenters. The number of halogens is 1. The van der Waals surface area contributed by atoms with Gasteiger partial charge in [-0.05, 0) is 51.2 Å². The molecule has 0 radical (unpaired) electrons. The van der Waals surface area contributed by atoms with Gasteiger partial charge in [0.2, 0.25) is 10.0 Å². The standard InChI is InChI=1S/C19H29ClN2O2S/c1-14-11-15(2)19(16(3)12-14)25(23,24)22-9-7-21(8-10-22)18-6-4-5-17(20)13-18/h11-12,17-18H,4-10,13H2,1-3H3/t17-,18+/m0/s1. The van der Waals surface area contributed by atoms with Crippen molar-refractivity contribution in [2.45, 2.75) is 62.8 Å². The Hall–Kier alpha value is -0.620. The maximum Gasteiger partial charge on any atom is 0.243 e. The number of piperazine rings is 1. The van der Waals surface area contributed by atoms with Crippen molar-refractivity contribution < 1.29 is 8.42 Å². The lowest BCUT2D eigenvalue weighted by atomic mass is 9.93. The third kappa shape index (κ3) is 4.05. The van der Waals surface area contributed by atoms with Crippen LogP contribution < -0.4 is 0 Å². The van der Waals surface area contributed by atoms with E-state index in [-0.39, 0.29) is 5.38 Å². The van der Waals surface area contributed by atoms with Gasteiger partial charge in [-0.1, -0.05) is 24.1 Å². The predicted octanol–water partition coefficient (Wildman–Crippen LogP) is 3.47. The Morgan fingerprint density at radius 2 is 1.60 bits per heavy atom. The van der Waals surface area contributed by atoms with Crippen LogP contribution in [0.4, 0.5) is 0 Å². The molecule has 1 aromatic carbocycles. The minimum absolute atomic E-state index is 0.276. The Morgan fingerprint density at radius 3 is 2.16 bits per heavy atom. The number of alkyl halides is 1. The highest BCUT2D eigenvalue weighted by Gasteiger charge is 2.34. The molecular weight excluding hydrogens is 356 g/mol. The van der Waals surface area contributed by atoms with Crippen molar-refractivity contribution in [1.29, 1.82) is 0 Å². The average Bonchev–Trinajstić information content (AvgIpc) is 2.53. The Labute approximate surface area is 157 Å². The van der Waals surface area contributed by atoms with E-state index in [9.17, 15) is 8.42 Å². The van der Waals surface area contributed by atoms with Crippen LogP contribution in [0.2, 0.25) is 0 Å². The van der Waals surface area contributed by atoms with Crippen LogP contribution in [-0.4, -0.2) is 55.2 Å². The van der Waals surface area contributed by atoms with Crippen LogP contribution in [0.1, 0.15) is 42.4 Å². The van der Waals surface area contributed by atoms with Crippen molar-refractivity contribution in [3.05, 3.63) is 28.8 Å². The summed E-state index contributed by atoms with van der Waals surface area (Å²) in [5, 5.41) is 0.276. The highest BCUT2D eigenvalue weighted by Crippen LogP contribution is 2.29. The number of hydrogen-bond donors (Lipinski definition) is 0. The van der Waals surface area contributed by atoms with Crippen molar-refractivity contribution in [2.75, 3.05) is 26.2 Å². The molecule has 1 saturated heterocycles. The highest BCUT2D eigenvalue weighted by molar-refractivity contribution is 7.89. The molecule has 1 saturated carbocycles. The maximum absolute atomic E-state index is 13.2. The van der Waals surface area contributed by atoms with Crippen LogP contribution in [0.3, 0.4) is 0 Å². The first-order valence-corrected chi connectivity index (χ1v) is 11.1. The zero-order valence-electron chi connectivity index (χ0n) is 15.5. The van der Waals surface area contributed by atoms with E-state index < -0.39 is 10.0 Å². The van der Waals surface area contributed by atoms with E-state index in [0.717, 1.165) is 42.6 Å². The zero-order chi connectivity index (χ0) is 18.2. The molecule has 0 N–H and O–H groups in total. The number of benzene rings is 1. The van der Waals surface area contributed by atoms with Crippen molar-refractivity contribution in [2.24, 2.45) is 0 Å². The molecule has 0 amide bonds. The first-order chi connectivity index (χ1) is 11.8. The van der Waals surface area contributed by atoms with Crippen LogP contribution in [0.25, 0.3) is 0 Å². The lowest BCUT2D eigenvalue weighted by Crippen LogP contribution is -2.53. The molecule has 2 atom stereocenters. The minimum Gasteiger partial charge on any atom is -0.298 e. The van der Waals surface area contributed by atoms with Crippen molar-refractivity contribution in [3.63, 3.8) is 0 Å². The SMILES string of the molecule is Cc1cc(C)c(S(=O)(=O)N2CCN([C@@H]3CCC[C@H](Cl)C3)CC2)c(C)c1. The molecule has 140 valence electrons. The minimum atomic E-state index is -3.42. The van der Waals surface area contributed by atoms with Crippen LogP contribution in [0, 0.1) is 20.8 Å². The zero-order valence-corrected chi connectivity index (χ0v) is 17.0. The maximum atomic E-state index is 13.2. The van der Waals surface area contributed by atoms with E-state index in [4.69, 9.17) is 11.6 Å². The normalized spacial score (nSPS) is 26.7. The van der Waals surface area contributed by atoms with Gasteiger partial charge in [0.1, 0.15) is 0 Å². The van der Waals surface area contributed by atoms with Crippen LogP contribution in [0.15, 0.2) is 17.0 Å². The fraction of sp³-hybridized carbons (Fsp3) is 0.684. The second-order valence-electron chi connectivity index (χ2n) is 7.59. The highest BCUT2D eigenvalue weighted by atomic mass is 35.5. The molecule has 1 heterocycles. The van der Waals surface area contributed by atoms with E-state index in [1.165, 1.54) is 12.8 Å². The molecular formula is C19H29ClN2O2S. The summed E-state index contributed by atoms with van der Waals surface area (Å²) in [4.78, 5) is 2.93. The Kier molecular flexibility index (Phi) is 5.78. The molecule has 0 bridgehead atoms. The van der Waals surface area contributed by atoms with Gasteiger partial charge < -0.3 is 0 Å². The molecule has 1 aromatic rings. The number of nitrogens with zero attached hydrogens (tertiary/aromatic N) is 2. The fourth-order valence-electron chi connectivity index (χ4n) is 4.45. The monoisotopic (exact) mass is 384 g/mol. The predicted molar refractivity (Wildman–Crippen MR) is 103 cm³/mol. The summed E-state index contributed by atoms with van der Waals surface area (Å²) in [5.41, 5.74) is 2.79. The number of rotatable bonds is 3. The quantitative estimate of drug-likeness (QED) is 0.749. The van der Waals surface area contributed by atoms with Gasteiger partial charge in [-0.25, -0.2) is 8.42 Å². The van der Waals surface area contributed by atoms with Gasteiger partial charge >= 0.3 is 0 Å². The number of sulfonamides is 1. The number of aryl methyl sites for hydroxylation is 3. The Morgan fingerprint density at radius 1 is 1.00 bits per heavy atom. The van der Waals surface area contributed by atoms with Gasteiger partial charge in [-0.2, -0.15) is 4.31 Å². The smallest absolute Gasteiger partial charge is 0.243 e. The van der Waals surface area contributed by atoms with Gasteiger partial charge in [0.25, 0.3) is 0 Å². The van der Waals surface area contributed by atoms with Gasteiger partial charge in [-0.15, -0.1) is 11.6 Å². The van der Waals surface area contributed by atoms with E-state index in [1.54, 1.807) is 4.31 Å². The molecule has 3 rings (SSSR count). The van der Waals surface area contributed by atoms with E-state index in [2.05, 4.69) is 4.90 Å². The van der Waals surface area contributed by atoms with Gasteiger partial charge in [0, 0.05) is 37.6 Å². The van der Waals surface area contributed by atoms with Crippen molar-refractivity contribution >= 4 is 21.6 Å². The lowest BCUT2D eigenvalue weighted by molar-refractivity contribution is 0.112. The fourth-order valence-corrected chi connectivity index (χ4v) is 6.64. The third-order valence-corrected chi connectivity index (χ3v) is 8.18. The molecule has 0 aromatic heterocycles. The summed E-state index contributed by atoms with van der Waals surface area (Å²) in [5.74, 6) is 0. The topological polar surface area (TPSA) is 40.6 Å². The van der Waals surface area contributed by atoms with E-state index in [0.29, 0.717) is 24.0 Å². The van der Waals surface area contributed by atoms with Crippen molar-refractivity contribution in [3.8, 4) is 0 Å². The summed E-state index contributed by atoms with van der Waals surface area (Å²) in [6.07, 6.45) is 4.51. The summed E-state index contributed by atoms with van der Waals surface area (Å²) in [6.45, 7) is 8.53. The first kappa shape index (κ1) is 19.2. The van der Waals surface area contributed by atoms with Crippen LogP contribution >= 0.6 is 11.6 Å². The second kappa shape index (κ2) is 7.55. The number of hydrogen-bond acceptors (Lipinski definition) is 3. The lowest BCUT2D eigenvalue weighted by Gasteiger charge is -2.41. The Bertz CT molecular complexity index is 704. The van der Waals surface area contributed by atoms with E-state index >= 15 is 0 Å². The first-order valence-electron chi connectivity index (χ1n) is 9.25. The molecule has 2 fully saturated rings. The molecule has 6 heteroatoms. The Balaban J connectivity index is 1.72. The van der Waals surface area contributed by atoms with Crippen LogP contribution in [-0.2, 0) is 10.0 Å². The molecule has 25 heavy (non-hydrogen) atoms. The summed E-state index contributed by atoms with van der Waals surface area (Å²) < 4.78 is 28.0. The third-order valence-electron chi connectivity index (χ3n) is 5.57. The van der Waals surface area contributed by atoms with Crippen molar-refractivity contribution in [1.82, 2.24) is 9.21 Å². The summed E-state index contributed by atoms with van der Waals surface area (Å²) >= 11 is 6.33. The molecule has 1 aliphatic heterocycles. The van der Waals surface area contributed by atoms with Gasteiger partial charge in [0.15, 0.2) is 0 Å². The summed E-state index contributed by atoms with van der Waals surface area (Å²) in [7, 11) is -3.42.